The first-order valence-corrected chi connectivity index (χ1v) is 8.26. The molecular formula is C17H32N2O. The fourth-order valence-corrected chi connectivity index (χ4v) is 4.36. The van der Waals surface area contributed by atoms with E-state index in [0.717, 1.165) is 25.7 Å². The molecule has 3 heteroatoms. The Kier molecular flexibility index (Phi) is 4.48. The van der Waals surface area contributed by atoms with Gasteiger partial charge in [-0.2, -0.15) is 0 Å². The van der Waals surface area contributed by atoms with Crippen molar-refractivity contribution in [3.63, 3.8) is 0 Å². The van der Waals surface area contributed by atoms with Gasteiger partial charge in [0, 0.05) is 30.1 Å². The highest BCUT2D eigenvalue weighted by Crippen LogP contribution is 2.33. The molecule has 2 fully saturated rings. The molecule has 2 rings (SSSR count). The summed E-state index contributed by atoms with van der Waals surface area (Å²) < 4.78 is 0. The van der Waals surface area contributed by atoms with Crippen molar-refractivity contribution in [2.75, 3.05) is 7.05 Å². The molecule has 3 nitrogen and oxygen atoms in total. The van der Waals surface area contributed by atoms with Crippen LogP contribution >= 0.6 is 0 Å². The summed E-state index contributed by atoms with van der Waals surface area (Å²) in [7, 11) is 2.03. The van der Waals surface area contributed by atoms with Crippen LogP contribution in [0.1, 0.15) is 72.6 Å². The molecule has 0 atom stereocenters. The predicted molar refractivity (Wildman–Crippen MR) is 83.7 cm³/mol. The minimum Gasteiger partial charge on any atom is -0.342 e. The fourth-order valence-electron chi connectivity index (χ4n) is 4.36. The van der Waals surface area contributed by atoms with Gasteiger partial charge in [0.15, 0.2) is 0 Å². The lowest BCUT2D eigenvalue weighted by Gasteiger charge is -2.49. The lowest BCUT2D eigenvalue weighted by molar-refractivity contribution is -0.139. The zero-order valence-electron chi connectivity index (χ0n) is 14.0. The van der Waals surface area contributed by atoms with E-state index in [1.807, 2.05) is 7.05 Å². The predicted octanol–water partition coefficient (Wildman–Crippen LogP) is 3.33. The minimum atomic E-state index is 0.105. The second kappa shape index (κ2) is 5.67. The van der Waals surface area contributed by atoms with Crippen molar-refractivity contribution in [2.24, 2.45) is 5.92 Å². The van der Waals surface area contributed by atoms with Crippen molar-refractivity contribution in [3.8, 4) is 0 Å². The molecule has 0 aromatic rings. The zero-order valence-corrected chi connectivity index (χ0v) is 14.0. The highest BCUT2D eigenvalue weighted by Gasteiger charge is 2.41. The Bertz CT molecular complexity index is 340. The first kappa shape index (κ1) is 15.8. The molecule has 1 heterocycles. The van der Waals surface area contributed by atoms with Gasteiger partial charge in [0.2, 0.25) is 5.91 Å². The van der Waals surface area contributed by atoms with Gasteiger partial charge in [-0.3, -0.25) is 4.79 Å². The largest absolute Gasteiger partial charge is 0.342 e. The number of piperidine rings is 1. The zero-order chi connectivity index (χ0) is 15.0. The van der Waals surface area contributed by atoms with Gasteiger partial charge in [-0.25, -0.2) is 0 Å². The summed E-state index contributed by atoms with van der Waals surface area (Å²) in [5, 5.41) is 3.70. The molecule has 1 saturated carbocycles. The van der Waals surface area contributed by atoms with Gasteiger partial charge < -0.3 is 10.2 Å². The monoisotopic (exact) mass is 280 g/mol. The molecule has 20 heavy (non-hydrogen) atoms. The first-order valence-electron chi connectivity index (χ1n) is 8.26. The number of hydrogen-bond donors (Lipinski definition) is 1. The Morgan fingerprint density at radius 2 is 1.50 bits per heavy atom. The van der Waals surface area contributed by atoms with Gasteiger partial charge in [0.1, 0.15) is 0 Å². The van der Waals surface area contributed by atoms with Crippen molar-refractivity contribution in [3.05, 3.63) is 0 Å². The third-order valence-corrected chi connectivity index (χ3v) is 5.02. The molecule has 0 bridgehead atoms. The SMILES string of the molecule is CN(C(=O)C1CCCCC1)C1CC(C)(C)NC(C)(C)C1. The van der Waals surface area contributed by atoms with Gasteiger partial charge in [0.25, 0.3) is 0 Å². The molecule has 1 saturated heterocycles. The van der Waals surface area contributed by atoms with E-state index in [4.69, 9.17) is 0 Å². The molecule has 0 spiro atoms. The number of carbonyl (C=O) groups excluding carboxylic acids is 1. The molecule has 1 aliphatic heterocycles. The number of carbonyl (C=O) groups is 1. The summed E-state index contributed by atoms with van der Waals surface area (Å²) in [5.41, 5.74) is 0.209. The average Bonchev–Trinajstić information content (AvgIpc) is 2.34. The Morgan fingerprint density at radius 1 is 1.00 bits per heavy atom. The summed E-state index contributed by atoms with van der Waals surface area (Å²) in [4.78, 5) is 14.8. The minimum absolute atomic E-state index is 0.105. The van der Waals surface area contributed by atoms with Gasteiger partial charge in [-0.05, 0) is 53.4 Å². The van der Waals surface area contributed by atoms with Gasteiger partial charge in [0.05, 0.1) is 0 Å². The van der Waals surface area contributed by atoms with Crippen LogP contribution < -0.4 is 5.32 Å². The Labute approximate surface area is 124 Å². The van der Waals surface area contributed by atoms with Crippen LogP contribution in [-0.2, 0) is 4.79 Å². The quantitative estimate of drug-likeness (QED) is 0.841. The van der Waals surface area contributed by atoms with Crippen molar-refractivity contribution in [1.29, 1.82) is 0 Å². The van der Waals surface area contributed by atoms with Crippen LogP contribution in [0.2, 0.25) is 0 Å². The molecule has 1 N–H and O–H groups in total. The van der Waals surface area contributed by atoms with Gasteiger partial charge in [-0.15, -0.1) is 0 Å². The van der Waals surface area contributed by atoms with E-state index in [-0.39, 0.29) is 17.0 Å². The lowest BCUT2D eigenvalue weighted by atomic mass is 9.78. The van der Waals surface area contributed by atoms with Crippen LogP contribution in [0.25, 0.3) is 0 Å². The molecule has 0 aromatic heterocycles. The number of hydrogen-bond acceptors (Lipinski definition) is 2. The fraction of sp³-hybridized carbons (Fsp3) is 0.941. The van der Waals surface area contributed by atoms with Crippen LogP contribution in [0.3, 0.4) is 0 Å². The Balaban J connectivity index is 2.03. The second-order valence-electron chi connectivity index (χ2n) is 8.24. The standard InChI is InChI=1S/C17H32N2O/c1-16(2)11-14(12-17(3,4)18-16)19(5)15(20)13-9-7-6-8-10-13/h13-14,18H,6-12H2,1-5H3. The molecule has 0 radical (unpaired) electrons. The summed E-state index contributed by atoms with van der Waals surface area (Å²) in [5.74, 6) is 0.679. The third kappa shape index (κ3) is 3.75. The van der Waals surface area contributed by atoms with E-state index in [1.54, 1.807) is 0 Å². The number of nitrogens with zero attached hydrogens (tertiary/aromatic N) is 1. The van der Waals surface area contributed by atoms with E-state index in [2.05, 4.69) is 37.9 Å². The summed E-state index contributed by atoms with van der Waals surface area (Å²) in [6.45, 7) is 9.00. The Morgan fingerprint density at radius 3 is 2.00 bits per heavy atom. The lowest BCUT2D eigenvalue weighted by Crippen LogP contribution is -2.62. The molecule has 2 aliphatic rings. The number of rotatable bonds is 2. The topological polar surface area (TPSA) is 32.3 Å². The first-order chi connectivity index (χ1) is 9.20. The van der Waals surface area contributed by atoms with Crippen LogP contribution in [0.4, 0.5) is 0 Å². The van der Waals surface area contributed by atoms with Crippen molar-refractivity contribution in [2.45, 2.75) is 89.8 Å². The van der Waals surface area contributed by atoms with Gasteiger partial charge >= 0.3 is 0 Å². The summed E-state index contributed by atoms with van der Waals surface area (Å²) in [6, 6.07) is 0.371. The number of nitrogens with one attached hydrogen (secondary N) is 1. The van der Waals surface area contributed by atoms with Crippen LogP contribution in [0.5, 0.6) is 0 Å². The van der Waals surface area contributed by atoms with E-state index in [0.29, 0.717) is 11.9 Å². The Hall–Kier alpha value is -0.570. The molecule has 0 aromatic carbocycles. The van der Waals surface area contributed by atoms with Crippen molar-refractivity contribution >= 4 is 5.91 Å². The number of amides is 1. The van der Waals surface area contributed by atoms with E-state index in [1.165, 1.54) is 19.3 Å². The summed E-state index contributed by atoms with van der Waals surface area (Å²) >= 11 is 0. The molecule has 116 valence electrons. The smallest absolute Gasteiger partial charge is 0.225 e. The van der Waals surface area contributed by atoms with E-state index < -0.39 is 0 Å². The highest BCUT2D eigenvalue weighted by atomic mass is 16.2. The van der Waals surface area contributed by atoms with Gasteiger partial charge in [-0.1, -0.05) is 19.3 Å². The molecular weight excluding hydrogens is 248 g/mol. The molecule has 1 amide bonds. The van der Waals surface area contributed by atoms with Crippen LogP contribution in [0.15, 0.2) is 0 Å². The maximum Gasteiger partial charge on any atom is 0.225 e. The van der Waals surface area contributed by atoms with E-state index in [9.17, 15) is 4.79 Å². The van der Waals surface area contributed by atoms with Crippen molar-refractivity contribution < 1.29 is 4.79 Å². The highest BCUT2D eigenvalue weighted by molar-refractivity contribution is 5.79. The molecule has 1 aliphatic carbocycles. The maximum atomic E-state index is 12.7. The van der Waals surface area contributed by atoms with E-state index >= 15 is 0 Å². The van der Waals surface area contributed by atoms with Crippen LogP contribution in [0, 0.1) is 5.92 Å². The third-order valence-electron chi connectivity index (χ3n) is 5.02. The summed E-state index contributed by atoms with van der Waals surface area (Å²) in [6.07, 6.45) is 8.06. The maximum absolute atomic E-state index is 12.7. The second-order valence-corrected chi connectivity index (χ2v) is 8.24. The average molecular weight is 280 g/mol. The molecule has 0 unspecified atom stereocenters. The normalized spacial score (nSPS) is 27.2. The van der Waals surface area contributed by atoms with Crippen LogP contribution in [-0.4, -0.2) is 35.0 Å². The van der Waals surface area contributed by atoms with Crippen molar-refractivity contribution in [1.82, 2.24) is 10.2 Å².